The van der Waals surface area contributed by atoms with Gasteiger partial charge in [-0.05, 0) is 18.4 Å². The second kappa shape index (κ2) is 7.57. The second-order valence-electron chi connectivity index (χ2n) is 5.00. The molecule has 1 rings (SSSR count). The Kier molecular flexibility index (Phi) is 6.07. The van der Waals surface area contributed by atoms with Crippen molar-refractivity contribution in [1.29, 1.82) is 5.26 Å². The number of rotatable bonds is 3. The molecule has 1 fully saturated rings. The van der Waals surface area contributed by atoms with E-state index in [9.17, 15) is 9.59 Å². The molecule has 0 aromatic carbocycles. The van der Waals surface area contributed by atoms with Crippen LogP contribution in [0.1, 0.15) is 26.7 Å². The van der Waals surface area contributed by atoms with Crippen molar-refractivity contribution >= 4 is 11.8 Å². The molecular formula is C14H21N3O2. The molecule has 0 atom stereocenters. The molecule has 1 aliphatic heterocycles. The van der Waals surface area contributed by atoms with E-state index in [1.54, 1.807) is 15.9 Å². The minimum absolute atomic E-state index is 0.00304. The zero-order chi connectivity index (χ0) is 14.3. The molecule has 0 aliphatic carbocycles. The van der Waals surface area contributed by atoms with Gasteiger partial charge >= 0.3 is 0 Å². The lowest BCUT2D eigenvalue weighted by Gasteiger charge is -2.20. The van der Waals surface area contributed by atoms with Crippen molar-refractivity contribution in [2.24, 2.45) is 5.92 Å². The van der Waals surface area contributed by atoms with Gasteiger partial charge in [-0.2, -0.15) is 5.26 Å². The van der Waals surface area contributed by atoms with Crippen molar-refractivity contribution < 1.29 is 9.59 Å². The highest BCUT2D eigenvalue weighted by Crippen LogP contribution is 2.06. The van der Waals surface area contributed by atoms with Crippen molar-refractivity contribution in [3.8, 4) is 6.07 Å². The Morgan fingerprint density at radius 1 is 1.21 bits per heavy atom. The van der Waals surface area contributed by atoms with Gasteiger partial charge < -0.3 is 9.80 Å². The monoisotopic (exact) mass is 263 g/mol. The van der Waals surface area contributed by atoms with Crippen LogP contribution in [0.25, 0.3) is 0 Å². The third-order valence-electron chi connectivity index (χ3n) is 3.01. The van der Waals surface area contributed by atoms with Crippen LogP contribution < -0.4 is 0 Å². The molecule has 1 saturated heterocycles. The SMILES string of the molecule is CC(C)/C=C/C(=O)N1CCCN(C(=O)CC#N)CC1. The number of nitriles is 1. The molecule has 0 radical (unpaired) electrons. The minimum atomic E-state index is -0.144. The zero-order valence-corrected chi connectivity index (χ0v) is 11.6. The summed E-state index contributed by atoms with van der Waals surface area (Å²) in [4.78, 5) is 27.0. The van der Waals surface area contributed by atoms with E-state index >= 15 is 0 Å². The molecule has 0 bridgehead atoms. The van der Waals surface area contributed by atoms with E-state index in [4.69, 9.17) is 5.26 Å². The maximum Gasteiger partial charge on any atom is 0.246 e. The first kappa shape index (κ1) is 15.2. The first-order valence-electron chi connectivity index (χ1n) is 6.66. The van der Waals surface area contributed by atoms with E-state index in [1.807, 2.05) is 26.0 Å². The van der Waals surface area contributed by atoms with Gasteiger partial charge in [0, 0.05) is 26.2 Å². The smallest absolute Gasteiger partial charge is 0.246 e. The summed E-state index contributed by atoms with van der Waals surface area (Å²) in [7, 11) is 0. The first-order valence-corrected chi connectivity index (χ1v) is 6.66. The quantitative estimate of drug-likeness (QED) is 0.718. The largest absolute Gasteiger partial charge is 0.340 e. The summed E-state index contributed by atoms with van der Waals surface area (Å²) >= 11 is 0. The fraction of sp³-hybridized carbons (Fsp3) is 0.643. The Bertz CT molecular complexity index is 396. The van der Waals surface area contributed by atoms with Crippen LogP contribution in [0, 0.1) is 17.2 Å². The summed E-state index contributed by atoms with van der Waals surface area (Å²) < 4.78 is 0. The highest BCUT2D eigenvalue weighted by molar-refractivity contribution is 5.87. The maximum absolute atomic E-state index is 11.9. The highest BCUT2D eigenvalue weighted by atomic mass is 16.2. The predicted octanol–water partition coefficient (Wildman–Crippen LogP) is 1.17. The van der Waals surface area contributed by atoms with Crippen molar-refractivity contribution in [1.82, 2.24) is 9.80 Å². The number of carbonyl (C=O) groups is 2. The van der Waals surface area contributed by atoms with Gasteiger partial charge in [-0.1, -0.05) is 19.9 Å². The van der Waals surface area contributed by atoms with Crippen LogP contribution >= 0.6 is 0 Å². The van der Waals surface area contributed by atoms with Crippen LogP contribution in [0.15, 0.2) is 12.2 Å². The summed E-state index contributed by atoms with van der Waals surface area (Å²) in [5, 5.41) is 8.53. The molecule has 0 N–H and O–H groups in total. The molecule has 1 aliphatic rings. The van der Waals surface area contributed by atoms with Crippen LogP contribution in [0.2, 0.25) is 0 Å². The van der Waals surface area contributed by atoms with Crippen molar-refractivity contribution in [2.45, 2.75) is 26.7 Å². The number of nitrogens with zero attached hydrogens (tertiary/aromatic N) is 3. The van der Waals surface area contributed by atoms with E-state index in [1.165, 1.54) is 0 Å². The molecule has 104 valence electrons. The molecule has 0 aromatic heterocycles. The van der Waals surface area contributed by atoms with E-state index in [0.717, 1.165) is 6.42 Å². The summed E-state index contributed by atoms with van der Waals surface area (Å²) in [6, 6.07) is 1.87. The third kappa shape index (κ3) is 5.12. The Hall–Kier alpha value is -1.83. The molecule has 1 heterocycles. The van der Waals surface area contributed by atoms with Gasteiger partial charge in [0.15, 0.2) is 0 Å². The number of hydrogen-bond acceptors (Lipinski definition) is 3. The third-order valence-corrected chi connectivity index (χ3v) is 3.01. The topological polar surface area (TPSA) is 64.4 Å². The zero-order valence-electron chi connectivity index (χ0n) is 11.6. The lowest BCUT2D eigenvalue weighted by atomic mass is 10.2. The number of amides is 2. The summed E-state index contributed by atoms with van der Waals surface area (Å²) in [6.07, 6.45) is 4.17. The minimum Gasteiger partial charge on any atom is -0.340 e. The predicted molar refractivity (Wildman–Crippen MR) is 72.0 cm³/mol. The van der Waals surface area contributed by atoms with Gasteiger partial charge in [0.2, 0.25) is 11.8 Å². The van der Waals surface area contributed by atoms with Gasteiger partial charge in [0.25, 0.3) is 0 Å². The van der Waals surface area contributed by atoms with Crippen molar-refractivity contribution in [2.75, 3.05) is 26.2 Å². The summed E-state index contributed by atoms with van der Waals surface area (Å²) in [5.41, 5.74) is 0. The number of allylic oxidation sites excluding steroid dienone is 1. The number of carbonyl (C=O) groups excluding carboxylic acids is 2. The van der Waals surface area contributed by atoms with Crippen LogP contribution in [0.4, 0.5) is 0 Å². The Morgan fingerprint density at radius 3 is 2.47 bits per heavy atom. The average Bonchev–Trinajstić information content (AvgIpc) is 2.62. The molecule has 2 amide bonds. The standard InChI is InChI=1S/C14H21N3O2/c1-12(2)4-5-13(18)16-8-3-9-17(11-10-16)14(19)6-7-15/h4-5,12H,3,6,8-11H2,1-2H3/b5-4+. The summed E-state index contributed by atoms with van der Waals surface area (Å²) in [6.45, 7) is 6.39. The molecule has 0 unspecified atom stereocenters. The molecule has 0 aromatic rings. The lowest BCUT2D eigenvalue weighted by Crippen LogP contribution is -2.36. The Balaban J connectivity index is 2.52. The van der Waals surface area contributed by atoms with Crippen molar-refractivity contribution in [3.63, 3.8) is 0 Å². The Morgan fingerprint density at radius 2 is 1.84 bits per heavy atom. The van der Waals surface area contributed by atoms with E-state index in [-0.39, 0.29) is 18.2 Å². The van der Waals surface area contributed by atoms with E-state index in [0.29, 0.717) is 32.1 Å². The fourth-order valence-electron chi connectivity index (χ4n) is 1.95. The lowest BCUT2D eigenvalue weighted by molar-refractivity contribution is -0.131. The van der Waals surface area contributed by atoms with Gasteiger partial charge in [0.1, 0.15) is 6.42 Å². The second-order valence-corrected chi connectivity index (χ2v) is 5.00. The van der Waals surface area contributed by atoms with Gasteiger partial charge in [-0.15, -0.1) is 0 Å². The normalized spacial score (nSPS) is 16.5. The van der Waals surface area contributed by atoms with Crippen molar-refractivity contribution in [3.05, 3.63) is 12.2 Å². The van der Waals surface area contributed by atoms with Crippen LogP contribution in [0.5, 0.6) is 0 Å². The van der Waals surface area contributed by atoms with Crippen LogP contribution in [-0.4, -0.2) is 47.8 Å². The van der Waals surface area contributed by atoms with Gasteiger partial charge in [0.05, 0.1) is 6.07 Å². The highest BCUT2D eigenvalue weighted by Gasteiger charge is 2.20. The van der Waals surface area contributed by atoms with Crippen LogP contribution in [0.3, 0.4) is 0 Å². The first-order chi connectivity index (χ1) is 9.04. The average molecular weight is 263 g/mol. The molecule has 0 spiro atoms. The van der Waals surface area contributed by atoms with E-state index < -0.39 is 0 Å². The van der Waals surface area contributed by atoms with Crippen LogP contribution in [-0.2, 0) is 9.59 Å². The molecule has 0 saturated carbocycles. The van der Waals surface area contributed by atoms with E-state index in [2.05, 4.69) is 0 Å². The summed E-state index contributed by atoms with van der Waals surface area (Å²) in [5.74, 6) is 0.211. The molecule has 5 heteroatoms. The number of hydrogen-bond donors (Lipinski definition) is 0. The fourth-order valence-corrected chi connectivity index (χ4v) is 1.95. The van der Waals surface area contributed by atoms with Gasteiger partial charge in [-0.25, -0.2) is 0 Å². The van der Waals surface area contributed by atoms with Gasteiger partial charge in [-0.3, -0.25) is 9.59 Å². The maximum atomic E-state index is 11.9. The Labute approximate surface area is 114 Å². The molecule has 19 heavy (non-hydrogen) atoms. The molecular weight excluding hydrogens is 242 g/mol. The molecule has 5 nitrogen and oxygen atoms in total.